The smallest absolute Gasteiger partial charge is 0.222 e. The van der Waals surface area contributed by atoms with Gasteiger partial charge in [0.2, 0.25) is 5.91 Å². The average Bonchev–Trinajstić information content (AvgIpc) is 3.09. The lowest BCUT2D eigenvalue weighted by molar-refractivity contribution is -0.123. The first-order chi connectivity index (χ1) is 11.5. The lowest BCUT2D eigenvalue weighted by Crippen LogP contribution is -2.38. The minimum Gasteiger partial charge on any atom is -0.497 e. The summed E-state index contributed by atoms with van der Waals surface area (Å²) in [6.45, 7) is 6.52. The topological polar surface area (TPSA) is 61.8 Å². The highest BCUT2D eigenvalue weighted by atomic mass is 16.5. The molecule has 0 aliphatic carbocycles. The summed E-state index contributed by atoms with van der Waals surface area (Å²) in [4.78, 5) is 14.5. The van der Waals surface area contributed by atoms with Crippen LogP contribution in [-0.4, -0.2) is 48.8 Å². The normalized spacial score (nSPS) is 17.7. The largest absolute Gasteiger partial charge is 0.497 e. The van der Waals surface area contributed by atoms with Crippen LogP contribution in [0.15, 0.2) is 24.3 Å². The van der Waals surface area contributed by atoms with Gasteiger partial charge in [-0.25, -0.2) is 0 Å². The molecule has 24 heavy (non-hydrogen) atoms. The molecule has 0 spiro atoms. The zero-order chi connectivity index (χ0) is 17.5. The predicted octanol–water partition coefficient (Wildman–Crippen LogP) is 2.36. The van der Waals surface area contributed by atoms with Crippen LogP contribution in [-0.2, 0) is 4.79 Å². The minimum absolute atomic E-state index is 0.0890. The summed E-state index contributed by atoms with van der Waals surface area (Å²) < 4.78 is 5.23. The molecule has 1 amide bonds. The van der Waals surface area contributed by atoms with Gasteiger partial charge in [0.05, 0.1) is 25.7 Å². The van der Waals surface area contributed by atoms with Crippen molar-refractivity contribution in [3.8, 4) is 5.75 Å². The van der Waals surface area contributed by atoms with Gasteiger partial charge >= 0.3 is 0 Å². The number of benzene rings is 1. The van der Waals surface area contributed by atoms with E-state index in [2.05, 4.69) is 22.3 Å². The first-order valence-corrected chi connectivity index (χ1v) is 8.84. The summed E-state index contributed by atoms with van der Waals surface area (Å²) in [5.41, 5.74) is 1.18. The van der Waals surface area contributed by atoms with Crippen LogP contribution < -0.4 is 10.1 Å². The highest BCUT2D eigenvalue weighted by Gasteiger charge is 2.24. The second kappa shape index (κ2) is 9.04. The van der Waals surface area contributed by atoms with E-state index in [1.807, 2.05) is 26.0 Å². The number of nitrogens with zero attached hydrogens (tertiary/aromatic N) is 1. The van der Waals surface area contributed by atoms with E-state index >= 15 is 0 Å². The molecule has 0 radical (unpaired) electrons. The van der Waals surface area contributed by atoms with Gasteiger partial charge < -0.3 is 15.2 Å². The molecule has 0 saturated carbocycles. The maximum Gasteiger partial charge on any atom is 0.222 e. The lowest BCUT2D eigenvalue weighted by Gasteiger charge is -2.28. The van der Waals surface area contributed by atoms with Crippen molar-refractivity contribution in [3.63, 3.8) is 0 Å². The highest BCUT2D eigenvalue weighted by Crippen LogP contribution is 2.26. The zero-order valence-corrected chi connectivity index (χ0v) is 15.0. The molecule has 1 aromatic rings. The van der Waals surface area contributed by atoms with E-state index in [-0.39, 0.29) is 24.3 Å². The Morgan fingerprint density at radius 1 is 1.25 bits per heavy atom. The Morgan fingerprint density at radius 2 is 1.88 bits per heavy atom. The molecule has 1 heterocycles. The van der Waals surface area contributed by atoms with Crippen molar-refractivity contribution in [2.75, 3.05) is 26.7 Å². The van der Waals surface area contributed by atoms with Gasteiger partial charge in [0.1, 0.15) is 5.75 Å². The number of aliphatic hydroxyl groups is 1. The summed E-state index contributed by atoms with van der Waals surface area (Å²) in [5.74, 6) is 0.837. The monoisotopic (exact) mass is 334 g/mol. The van der Waals surface area contributed by atoms with E-state index in [9.17, 15) is 9.90 Å². The van der Waals surface area contributed by atoms with Gasteiger partial charge in [-0.1, -0.05) is 26.0 Å². The van der Waals surface area contributed by atoms with E-state index in [0.29, 0.717) is 6.54 Å². The number of hydrogen-bond acceptors (Lipinski definition) is 4. The van der Waals surface area contributed by atoms with Gasteiger partial charge in [-0.15, -0.1) is 0 Å². The van der Waals surface area contributed by atoms with Gasteiger partial charge in [-0.3, -0.25) is 9.69 Å². The third-order valence-electron chi connectivity index (χ3n) is 4.74. The van der Waals surface area contributed by atoms with Crippen LogP contribution in [0.5, 0.6) is 5.75 Å². The Hall–Kier alpha value is -1.59. The fourth-order valence-corrected chi connectivity index (χ4v) is 3.05. The van der Waals surface area contributed by atoms with E-state index in [1.165, 1.54) is 18.4 Å². The zero-order valence-electron chi connectivity index (χ0n) is 15.0. The van der Waals surface area contributed by atoms with E-state index < -0.39 is 6.10 Å². The Balaban J connectivity index is 1.99. The fourth-order valence-electron chi connectivity index (χ4n) is 3.05. The van der Waals surface area contributed by atoms with Crippen LogP contribution in [0.4, 0.5) is 0 Å². The van der Waals surface area contributed by atoms with E-state index in [0.717, 1.165) is 18.8 Å². The fraction of sp³-hybridized carbons (Fsp3) is 0.632. The Labute approximate surface area is 145 Å². The van der Waals surface area contributed by atoms with Gasteiger partial charge in [-0.2, -0.15) is 0 Å². The average molecular weight is 334 g/mol. The summed E-state index contributed by atoms with van der Waals surface area (Å²) in [7, 11) is 1.66. The number of hydrogen-bond donors (Lipinski definition) is 2. The van der Waals surface area contributed by atoms with Crippen LogP contribution >= 0.6 is 0 Å². The molecule has 5 heteroatoms. The first kappa shape index (κ1) is 18.7. The molecule has 1 aromatic carbocycles. The molecule has 2 N–H and O–H groups in total. The third-order valence-corrected chi connectivity index (χ3v) is 4.74. The molecule has 0 bridgehead atoms. The quantitative estimate of drug-likeness (QED) is 0.766. The summed E-state index contributed by atoms with van der Waals surface area (Å²) in [5, 5.41) is 12.9. The van der Waals surface area contributed by atoms with Crippen LogP contribution in [0.1, 0.15) is 44.7 Å². The number of amides is 1. The van der Waals surface area contributed by atoms with Crippen molar-refractivity contribution in [2.45, 2.75) is 45.3 Å². The summed E-state index contributed by atoms with van der Waals surface area (Å²) in [6, 6.07) is 8.22. The maximum atomic E-state index is 12.1. The van der Waals surface area contributed by atoms with Crippen LogP contribution in [0, 0.1) is 5.92 Å². The van der Waals surface area contributed by atoms with Gasteiger partial charge in [-0.05, 0) is 49.5 Å². The molecule has 5 nitrogen and oxygen atoms in total. The lowest BCUT2D eigenvalue weighted by atomic mass is 10.0. The van der Waals surface area contributed by atoms with Crippen LogP contribution in [0.3, 0.4) is 0 Å². The molecule has 134 valence electrons. The number of ether oxygens (including phenoxy) is 1. The molecule has 1 saturated heterocycles. The molecule has 2 atom stereocenters. The molecule has 1 aliphatic rings. The summed E-state index contributed by atoms with van der Waals surface area (Å²) in [6.07, 6.45) is 1.98. The number of aliphatic hydroxyl groups excluding tert-OH is 1. The first-order valence-electron chi connectivity index (χ1n) is 8.84. The maximum absolute atomic E-state index is 12.1. The predicted molar refractivity (Wildman–Crippen MR) is 95.0 cm³/mol. The Bertz CT molecular complexity index is 510. The van der Waals surface area contributed by atoms with Crippen molar-refractivity contribution in [1.82, 2.24) is 10.2 Å². The summed E-state index contributed by atoms with van der Waals surface area (Å²) >= 11 is 0. The van der Waals surface area contributed by atoms with Crippen molar-refractivity contribution in [3.05, 3.63) is 29.8 Å². The van der Waals surface area contributed by atoms with E-state index in [4.69, 9.17) is 4.74 Å². The minimum atomic E-state index is -0.587. The third kappa shape index (κ3) is 5.21. The van der Waals surface area contributed by atoms with Crippen LogP contribution in [0.25, 0.3) is 0 Å². The number of nitrogens with one attached hydrogen (secondary N) is 1. The van der Waals surface area contributed by atoms with E-state index in [1.54, 1.807) is 7.11 Å². The second-order valence-corrected chi connectivity index (χ2v) is 6.85. The number of rotatable bonds is 8. The highest BCUT2D eigenvalue weighted by molar-refractivity contribution is 5.76. The SMILES string of the molecule is COc1ccc(C(CNC(=O)CC(O)C(C)C)N2CCCC2)cc1. The molecule has 2 rings (SSSR count). The molecular weight excluding hydrogens is 304 g/mol. The second-order valence-electron chi connectivity index (χ2n) is 6.85. The number of methoxy groups -OCH3 is 1. The number of carbonyl (C=O) groups excluding carboxylic acids is 1. The molecule has 0 aromatic heterocycles. The van der Waals surface area contributed by atoms with Crippen LogP contribution in [0.2, 0.25) is 0 Å². The Kier molecular flexibility index (Phi) is 7.06. The standard InChI is InChI=1S/C19H30N2O3/c1-14(2)18(22)12-19(23)20-13-17(21-10-4-5-11-21)15-6-8-16(24-3)9-7-15/h6-9,14,17-18,22H,4-5,10-13H2,1-3H3,(H,20,23). The molecule has 1 fully saturated rings. The molecule has 1 aliphatic heterocycles. The van der Waals surface area contributed by atoms with Crippen molar-refractivity contribution in [2.24, 2.45) is 5.92 Å². The van der Waals surface area contributed by atoms with Crippen molar-refractivity contribution < 1.29 is 14.6 Å². The molecular formula is C19H30N2O3. The van der Waals surface area contributed by atoms with Crippen molar-refractivity contribution >= 4 is 5.91 Å². The van der Waals surface area contributed by atoms with Gasteiger partial charge in [0.25, 0.3) is 0 Å². The van der Waals surface area contributed by atoms with Gasteiger partial charge in [0.15, 0.2) is 0 Å². The number of likely N-dealkylation sites (tertiary alicyclic amines) is 1. The van der Waals surface area contributed by atoms with Crippen molar-refractivity contribution in [1.29, 1.82) is 0 Å². The number of carbonyl (C=O) groups is 1. The Morgan fingerprint density at radius 3 is 2.42 bits per heavy atom. The van der Waals surface area contributed by atoms with Gasteiger partial charge in [0, 0.05) is 6.54 Å². The molecule has 2 unspecified atom stereocenters.